The second kappa shape index (κ2) is 8.40. The van der Waals surface area contributed by atoms with Crippen LogP contribution >= 0.6 is 0 Å². The average Bonchev–Trinajstić information content (AvgIpc) is 2.68. The van der Waals surface area contributed by atoms with Gasteiger partial charge in [0, 0.05) is 18.0 Å². The quantitative estimate of drug-likeness (QED) is 0.556. The second-order valence-corrected chi connectivity index (χ2v) is 5.24. The average molecular weight is 331 g/mol. The summed E-state index contributed by atoms with van der Waals surface area (Å²) in [5.74, 6) is 0.501. The largest absolute Gasteiger partial charge is 0.489 e. The van der Waals surface area contributed by atoms with Crippen molar-refractivity contribution >= 4 is 12.1 Å². The number of ether oxygens (including phenoxy) is 1. The number of hydrogen-bond acceptors (Lipinski definition) is 4. The Bertz CT molecular complexity index is 849. The van der Waals surface area contributed by atoms with Crippen molar-refractivity contribution in [1.29, 1.82) is 0 Å². The van der Waals surface area contributed by atoms with Gasteiger partial charge in [-0.2, -0.15) is 5.10 Å². The Labute approximate surface area is 146 Å². The van der Waals surface area contributed by atoms with Gasteiger partial charge in [-0.15, -0.1) is 0 Å². The minimum atomic E-state index is -0.303. The van der Waals surface area contributed by atoms with Crippen molar-refractivity contribution in [2.75, 3.05) is 0 Å². The highest BCUT2D eigenvalue weighted by Crippen LogP contribution is 2.13. The summed E-state index contributed by atoms with van der Waals surface area (Å²) in [7, 11) is 0. The number of rotatable bonds is 6. The highest BCUT2D eigenvalue weighted by molar-refractivity contribution is 5.94. The molecule has 3 rings (SSSR count). The molecule has 0 spiro atoms. The molecule has 1 amide bonds. The number of benzene rings is 2. The number of hydrazone groups is 1. The zero-order valence-corrected chi connectivity index (χ0v) is 13.5. The van der Waals surface area contributed by atoms with Crippen LogP contribution in [-0.4, -0.2) is 17.1 Å². The third-order valence-corrected chi connectivity index (χ3v) is 3.49. The van der Waals surface area contributed by atoms with E-state index in [1.807, 2.05) is 54.6 Å². The lowest BCUT2D eigenvalue weighted by Crippen LogP contribution is -2.17. The summed E-state index contributed by atoms with van der Waals surface area (Å²) in [6, 6.07) is 20.7. The fraction of sp³-hybridized carbons (Fsp3) is 0.0500. The summed E-state index contributed by atoms with van der Waals surface area (Å²) < 4.78 is 5.77. The van der Waals surface area contributed by atoms with E-state index in [2.05, 4.69) is 15.5 Å². The lowest BCUT2D eigenvalue weighted by atomic mass is 10.1. The number of carbonyl (C=O) groups excluding carboxylic acids is 1. The summed E-state index contributed by atoms with van der Waals surface area (Å²) in [6.07, 6.45) is 4.72. The van der Waals surface area contributed by atoms with Gasteiger partial charge in [-0.25, -0.2) is 5.43 Å². The van der Waals surface area contributed by atoms with Crippen LogP contribution in [0.1, 0.15) is 21.5 Å². The molecule has 2 aromatic carbocycles. The minimum absolute atomic E-state index is 0.303. The van der Waals surface area contributed by atoms with Crippen LogP contribution in [0.25, 0.3) is 0 Å². The van der Waals surface area contributed by atoms with E-state index in [1.165, 1.54) is 6.20 Å². The monoisotopic (exact) mass is 331 g/mol. The number of hydrogen-bond donors (Lipinski definition) is 1. The Morgan fingerprint density at radius 3 is 2.64 bits per heavy atom. The molecule has 0 bridgehead atoms. The molecule has 0 fully saturated rings. The van der Waals surface area contributed by atoms with Crippen LogP contribution in [0.3, 0.4) is 0 Å². The third kappa shape index (κ3) is 4.75. The Morgan fingerprint density at radius 1 is 1.04 bits per heavy atom. The van der Waals surface area contributed by atoms with Gasteiger partial charge in [0.25, 0.3) is 5.91 Å². The molecule has 124 valence electrons. The van der Waals surface area contributed by atoms with E-state index in [0.29, 0.717) is 12.2 Å². The minimum Gasteiger partial charge on any atom is -0.489 e. The summed E-state index contributed by atoms with van der Waals surface area (Å²) in [5.41, 5.74) is 4.81. The van der Waals surface area contributed by atoms with Crippen molar-refractivity contribution in [3.05, 3.63) is 95.8 Å². The van der Waals surface area contributed by atoms with Gasteiger partial charge in [0.05, 0.1) is 11.8 Å². The normalized spacial score (nSPS) is 10.6. The number of carbonyl (C=O) groups is 1. The smallest absolute Gasteiger partial charge is 0.272 e. The van der Waals surface area contributed by atoms with E-state index in [-0.39, 0.29) is 5.91 Å². The van der Waals surface area contributed by atoms with Crippen LogP contribution in [-0.2, 0) is 6.61 Å². The molecule has 0 aliphatic carbocycles. The van der Waals surface area contributed by atoms with Gasteiger partial charge in [-0.3, -0.25) is 9.78 Å². The fourth-order valence-corrected chi connectivity index (χ4v) is 2.19. The standard InChI is InChI=1S/C20H17N3O2/c24-20(17-9-6-12-21-13-17)23-22-14-16-7-4-5-8-18(16)15-25-19-10-2-1-3-11-19/h1-14H,15H2,(H,23,24)/b22-14-. The molecule has 0 aliphatic heterocycles. The SMILES string of the molecule is O=C(N/N=C\c1ccccc1COc1ccccc1)c1cccnc1. The van der Waals surface area contributed by atoms with Gasteiger partial charge in [0.2, 0.25) is 0 Å². The molecule has 0 unspecified atom stereocenters. The lowest BCUT2D eigenvalue weighted by molar-refractivity contribution is 0.0955. The van der Waals surface area contributed by atoms with Gasteiger partial charge in [-0.05, 0) is 29.8 Å². The molecule has 0 aliphatic rings. The van der Waals surface area contributed by atoms with E-state index >= 15 is 0 Å². The van der Waals surface area contributed by atoms with Crippen molar-refractivity contribution in [3.8, 4) is 5.75 Å². The number of pyridine rings is 1. The van der Waals surface area contributed by atoms with E-state index in [0.717, 1.165) is 16.9 Å². The predicted molar refractivity (Wildman–Crippen MR) is 96.5 cm³/mol. The van der Waals surface area contributed by atoms with Gasteiger partial charge in [0.15, 0.2) is 0 Å². The van der Waals surface area contributed by atoms with E-state index in [4.69, 9.17) is 4.74 Å². The van der Waals surface area contributed by atoms with Crippen LogP contribution in [0.4, 0.5) is 0 Å². The van der Waals surface area contributed by atoms with E-state index < -0.39 is 0 Å². The Morgan fingerprint density at radius 2 is 1.84 bits per heavy atom. The van der Waals surface area contributed by atoms with Crippen LogP contribution in [0, 0.1) is 0 Å². The van der Waals surface area contributed by atoms with Crippen molar-refractivity contribution in [2.24, 2.45) is 5.10 Å². The molecule has 0 saturated heterocycles. The first-order valence-corrected chi connectivity index (χ1v) is 7.82. The molecule has 1 N–H and O–H groups in total. The number of para-hydroxylation sites is 1. The van der Waals surface area contributed by atoms with Crippen LogP contribution in [0.2, 0.25) is 0 Å². The molecule has 3 aromatic rings. The molecule has 1 heterocycles. The van der Waals surface area contributed by atoms with Gasteiger partial charge < -0.3 is 4.74 Å². The Balaban J connectivity index is 1.63. The first kappa shape index (κ1) is 16.4. The number of nitrogens with one attached hydrogen (secondary N) is 1. The van der Waals surface area contributed by atoms with Crippen LogP contribution < -0.4 is 10.2 Å². The fourth-order valence-electron chi connectivity index (χ4n) is 2.19. The third-order valence-electron chi connectivity index (χ3n) is 3.49. The number of nitrogens with zero attached hydrogens (tertiary/aromatic N) is 2. The molecule has 5 heteroatoms. The van der Waals surface area contributed by atoms with Gasteiger partial charge in [0.1, 0.15) is 12.4 Å². The van der Waals surface area contributed by atoms with Crippen molar-refractivity contribution in [1.82, 2.24) is 10.4 Å². The van der Waals surface area contributed by atoms with Gasteiger partial charge in [-0.1, -0.05) is 42.5 Å². The first-order chi connectivity index (χ1) is 12.3. The molecule has 25 heavy (non-hydrogen) atoms. The Hall–Kier alpha value is -3.47. The van der Waals surface area contributed by atoms with E-state index in [9.17, 15) is 4.79 Å². The summed E-state index contributed by atoms with van der Waals surface area (Å²) in [4.78, 5) is 15.9. The first-order valence-electron chi connectivity index (χ1n) is 7.82. The molecule has 0 atom stereocenters. The molecular formula is C20H17N3O2. The van der Waals surface area contributed by atoms with Gasteiger partial charge >= 0.3 is 0 Å². The molecule has 1 aromatic heterocycles. The maximum Gasteiger partial charge on any atom is 0.272 e. The maximum atomic E-state index is 11.9. The molecule has 5 nitrogen and oxygen atoms in total. The van der Waals surface area contributed by atoms with Crippen molar-refractivity contribution in [3.63, 3.8) is 0 Å². The maximum absolute atomic E-state index is 11.9. The molecule has 0 saturated carbocycles. The van der Waals surface area contributed by atoms with Crippen LogP contribution in [0.5, 0.6) is 5.75 Å². The highest BCUT2D eigenvalue weighted by Gasteiger charge is 2.04. The lowest BCUT2D eigenvalue weighted by Gasteiger charge is -2.08. The summed E-state index contributed by atoms with van der Waals surface area (Å²) in [6.45, 7) is 0.419. The van der Waals surface area contributed by atoms with Crippen LogP contribution in [0.15, 0.2) is 84.2 Å². The summed E-state index contributed by atoms with van der Waals surface area (Å²) in [5, 5.41) is 4.03. The number of aromatic nitrogens is 1. The highest BCUT2D eigenvalue weighted by atomic mass is 16.5. The predicted octanol–water partition coefficient (Wildman–Crippen LogP) is 3.42. The van der Waals surface area contributed by atoms with Crippen molar-refractivity contribution in [2.45, 2.75) is 6.61 Å². The van der Waals surface area contributed by atoms with Crippen molar-refractivity contribution < 1.29 is 9.53 Å². The van der Waals surface area contributed by atoms with E-state index in [1.54, 1.807) is 24.5 Å². The molecular weight excluding hydrogens is 314 g/mol. The second-order valence-electron chi connectivity index (χ2n) is 5.24. The molecule has 0 radical (unpaired) electrons. The summed E-state index contributed by atoms with van der Waals surface area (Å²) >= 11 is 0. The Kier molecular flexibility index (Phi) is 5.51. The zero-order chi connectivity index (χ0) is 17.3. The topological polar surface area (TPSA) is 63.6 Å². The zero-order valence-electron chi connectivity index (χ0n) is 13.5. The number of amides is 1.